The molecule has 1 radical (unpaired) electrons. The topological polar surface area (TPSA) is 0 Å². The van der Waals surface area contributed by atoms with Crippen molar-refractivity contribution >= 4 is 89.6 Å². The van der Waals surface area contributed by atoms with Crippen LogP contribution in [0.3, 0.4) is 0 Å². The van der Waals surface area contributed by atoms with Gasteiger partial charge in [0.1, 0.15) is 0 Å². The van der Waals surface area contributed by atoms with Gasteiger partial charge < -0.3 is 0 Å². The Labute approximate surface area is 88.0 Å². The van der Waals surface area contributed by atoms with Crippen LogP contribution >= 0.6 is 0 Å². The Kier molecular flexibility index (Phi) is 118. The molecule has 0 rings (SSSR count). The van der Waals surface area contributed by atoms with Crippen LogP contribution < -0.4 is 0 Å². The van der Waals surface area contributed by atoms with Crippen molar-refractivity contribution in [2.24, 2.45) is 0 Å². The number of rotatable bonds is 0. The molecule has 0 unspecified atom stereocenters. The molecule has 4 heteroatoms. The summed E-state index contributed by atoms with van der Waals surface area (Å²) in [4.78, 5) is 0. The molecule has 0 saturated heterocycles. The summed E-state index contributed by atoms with van der Waals surface area (Å²) in [5.74, 6) is 0. The van der Waals surface area contributed by atoms with Crippen molar-refractivity contribution in [2.75, 3.05) is 0 Å². The predicted octanol–water partition coefficient (Wildman–Crippen LogP) is -4.74. The third kappa shape index (κ3) is 8.87. The molecule has 0 heterocycles. The fourth-order valence-corrected chi connectivity index (χ4v) is 0. The molecule has 0 atom stereocenters. The first-order chi connectivity index (χ1) is 0. The van der Waals surface area contributed by atoms with Gasteiger partial charge in [-0.3, -0.25) is 0 Å². The van der Waals surface area contributed by atoms with E-state index in [0.29, 0.717) is 0 Å². The molecule has 0 spiro atoms. The van der Waals surface area contributed by atoms with Gasteiger partial charge in [-0.2, -0.15) is 0 Å². The van der Waals surface area contributed by atoms with Crippen LogP contribution in [0, 0.1) is 0 Å². The van der Waals surface area contributed by atoms with Gasteiger partial charge in [0.15, 0.2) is 0 Å². The summed E-state index contributed by atoms with van der Waals surface area (Å²) < 4.78 is 0. The normalized spacial score (nSPS) is 0. The fourth-order valence-electron chi connectivity index (χ4n) is 0. The van der Waals surface area contributed by atoms with Crippen molar-refractivity contribution in [1.82, 2.24) is 0 Å². The van der Waals surface area contributed by atoms with Gasteiger partial charge in [-0.15, -0.1) is 0 Å². The zero-order chi connectivity index (χ0) is 0. The molecule has 0 N–H and O–H groups in total. The minimum absolute atomic E-state index is 0. The van der Waals surface area contributed by atoms with Gasteiger partial charge in [0.2, 0.25) is 0 Å². The average Bonchev–Trinajstić information content (AvgIpc) is 0. The maximum atomic E-state index is 0. The van der Waals surface area contributed by atoms with Crippen LogP contribution in [0.15, 0.2) is 0 Å². The Balaban J connectivity index is 0. The molecular weight excluding hydrogens is 441 g/mol. The van der Waals surface area contributed by atoms with Gasteiger partial charge in [0, 0.05) is 0 Å². The zero-order valence-electron chi connectivity index (χ0n) is 1.15. The molecule has 0 aliphatic heterocycles. The van der Waals surface area contributed by atoms with E-state index in [1.54, 1.807) is 0 Å². The van der Waals surface area contributed by atoms with Crippen LogP contribution in [-0.2, 0) is 0 Å². The fraction of sp³-hybridized carbons (Fsp3) is 0. The van der Waals surface area contributed by atoms with E-state index in [4.69, 9.17) is 0 Å². The first kappa shape index (κ1) is 28.3. The Morgan fingerprint density at radius 3 is 1.00 bits per heavy atom. The summed E-state index contributed by atoms with van der Waals surface area (Å²) in [7, 11) is 0. The molecule has 0 bridgehead atoms. The molecule has 0 aliphatic carbocycles. The van der Waals surface area contributed by atoms with E-state index in [1.165, 1.54) is 0 Å². The van der Waals surface area contributed by atoms with E-state index in [1.807, 2.05) is 0 Å². The van der Waals surface area contributed by atoms with E-state index in [-0.39, 0.29) is 89.6 Å². The number of hydrogen-bond donors (Lipinski definition) is 0. The summed E-state index contributed by atoms with van der Waals surface area (Å²) in [6, 6.07) is 0. The van der Waals surface area contributed by atoms with E-state index >= 15 is 0 Å². The summed E-state index contributed by atoms with van der Waals surface area (Å²) in [5, 5.41) is 0. The molecule has 0 aromatic carbocycles. The zero-order valence-corrected chi connectivity index (χ0v) is 7.74. The molecule has 31 valence electrons. The van der Waals surface area contributed by atoms with E-state index in [2.05, 4.69) is 0 Å². The first-order valence-corrected chi connectivity index (χ1v) is 0. The van der Waals surface area contributed by atoms with E-state index in [0.717, 1.165) is 0 Å². The van der Waals surface area contributed by atoms with Gasteiger partial charge in [0.05, 0.1) is 0 Å². The second kappa shape index (κ2) is 16.8. The van der Waals surface area contributed by atoms with Crippen molar-refractivity contribution in [2.45, 2.75) is 0 Å². The van der Waals surface area contributed by atoms with E-state index < -0.39 is 0 Å². The average molecular weight is 453 g/mol. The number of hydrogen-bond acceptors (Lipinski definition) is 0. The maximum absolute atomic E-state index is 0. The van der Waals surface area contributed by atoms with Gasteiger partial charge in [-0.25, -0.2) is 0 Å². The minimum atomic E-state index is 0. The van der Waals surface area contributed by atoms with E-state index in [9.17, 15) is 0 Å². The van der Waals surface area contributed by atoms with Crippen molar-refractivity contribution < 1.29 is 0 Å². The van der Waals surface area contributed by atoms with Crippen LogP contribution in [0.2, 0.25) is 0 Å². The second-order valence-electron chi connectivity index (χ2n) is 0. The van der Waals surface area contributed by atoms with Crippen molar-refractivity contribution in [3.05, 3.63) is 0 Å². The Morgan fingerprint density at radius 2 is 1.00 bits per heavy atom. The van der Waals surface area contributed by atoms with Crippen LogP contribution in [0.25, 0.3) is 0 Å². The summed E-state index contributed by atoms with van der Waals surface area (Å²) in [6.07, 6.45) is 0. The standard InChI is InChI=1S/GeH4.Sb.Sn.HTe.7H/h1H4;;;1H;;;;;;;. The van der Waals surface area contributed by atoms with Crippen molar-refractivity contribution in [1.29, 1.82) is 0 Å². The van der Waals surface area contributed by atoms with Gasteiger partial charge in [-0.05, 0) is 0 Å². The SMILES string of the molecule is [GeH4].[SbH3].[SnH4].[TeH]. The molecular formula is H12GeSbSnTe. The third-order valence-electron chi connectivity index (χ3n) is 0. The quantitative estimate of drug-likeness (QED) is 0.324. The molecule has 0 aromatic rings. The van der Waals surface area contributed by atoms with Crippen molar-refractivity contribution in [3.8, 4) is 0 Å². The molecule has 0 nitrogen and oxygen atoms in total. The van der Waals surface area contributed by atoms with Crippen LogP contribution in [-0.4, -0.2) is 89.6 Å². The van der Waals surface area contributed by atoms with Crippen LogP contribution in [0.4, 0.5) is 0 Å². The van der Waals surface area contributed by atoms with Gasteiger partial charge in [0.25, 0.3) is 0 Å². The monoisotopic (exact) mass is 457 g/mol. The Bertz CT molecular complexity index is 8.00. The van der Waals surface area contributed by atoms with Gasteiger partial charge in [-0.1, -0.05) is 0 Å². The molecule has 0 fully saturated rings. The summed E-state index contributed by atoms with van der Waals surface area (Å²) in [6.45, 7) is 0. The van der Waals surface area contributed by atoms with Crippen LogP contribution in [0.5, 0.6) is 0 Å². The summed E-state index contributed by atoms with van der Waals surface area (Å²) >= 11 is 0. The summed E-state index contributed by atoms with van der Waals surface area (Å²) in [5.41, 5.74) is 0. The van der Waals surface area contributed by atoms with Crippen LogP contribution in [0.1, 0.15) is 0 Å². The molecule has 0 amide bonds. The molecule has 0 aromatic heterocycles. The first-order valence-electron chi connectivity index (χ1n) is 0. The third-order valence-corrected chi connectivity index (χ3v) is 0. The Hall–Kier alpha value is 2.95. The molecule has 0 saturated carbocycles. The predicted molar refractivity (Wildman–Crippen MR) is 39.8 cm³/mol. The molecule has 0 aliphatic rings. The van der Waals surface area contributed by atoms with Gasteiger partial charge >= 0.3 is 89.6 Å². The molecule has 4 heavy (non-hydrogen) atoms. The Morgan fingerprint density at radius 1 is 1.00 bits per heavy atom. The second-order valence-corrected chi connectivity index (χ2v) is 0. The van der Waals surface area contributed by atoms with Crippen molar-refractivity contribution in [3.63, 3.8) is 0 Å².